The lowest BCUT2D eigenvalue weighted by molar-refractivity contribution is 0.102. The molecule has 29 heavy (non-hydrogen) atoms. The first-order valence-corrected chi connectivity index (χ1v) is 9.71. The molecule has 4 rings (SSSR count). The molecule has 1 fully saturated rings. The summed E-state index contributed by atoms with van der Waals surface area (Å²) in [7, 11) is 0. The van der Waals surface area contributed by atoms with Crippen LogP contribution in [-0.2, 0) is 6.54 Å². The number of hydrogen-bond acceptors (Lipinski definition) is 4. The fourth-order valence-corrected chi connectivity index (χ4v) is 3.45. The van der Waals surface area contributed by atoms with Gasteiger partial charge in [0.2, 0.25) is 0 Å². The molecule has 2 heterocycles. The van der Waals surface area contributed by atoms with Crippen LogP contribution in [0.1, 0.15) is 15.9 Å². The number of benzene rings is 2. The van der Waals surface area contributed by atoms with Gasteiger partial charge in [0, 0.05) is 44.6 Å². The number of amides is 1. The molecule has 1 aromatic heterocycles. The lowest BCUT2D eigenvalue weighted by atomic mass is 10.2. The van der Waals surface area contributed by atoms with Crippen molar-refractivity contribution in [2.24, 2.45) is 0 Å². The third-order valence-corrected chi connectivity index (χ3v) is 5.04. The molecule has 0 radical (unpaired) electrons. The molecule has 5 nitrogen and oxygen atoms in total. The van der Waals surface area contributed by atoms with Gasteiger partial charge in [-0.1, -0.05) is 36.4 Å². The Kier molecular flexibility index (Phi) is 5.81. The number of hydrogen-bond donors (Lipinski definition) is 1. The first-order chi connectivity index (χ1) is 14.2. The Labute approximate surface area is 169 Å². The van der Waals surface area contributed by atoms with Gasteiger partial charge in [0.1, 0.15) is 11.6 Å². The fourth-order valence-electron chi connectivity index (χ4n) is 3.45. The highest BCUT2D eigenvalue weighted by Gasteiger charge is 2.18. The maximum Gasteiger partial charge on any atom is 0.257 e. The maximum absolute atomic E-state index is 13.3. The average molecular weight is 390 g/mol. The third-order valence-electron chi connectivity index (χ3n) is 5.04. The van der Waals surface area contributed by atoms with Crippen molar-refractivity contribution in [2.45, 2.75) is 6.54 Å². The molecule has 0 atom stereocenters. The van der Waals surface area contributed by atoms with E-state index in [0.717, 1.165) is 38.5 Å². The summed E-state index contributed by atoms with van der Waals surface area (Å²) >= 11 is 0. The summed E-state index contributed by atoms with van der Waals surface area (Å²) in [4.78, 5) is 21.5. The first kappa shape index (κ1) is 19.1. The van der Waals surface area contributed by atoms with E-state index >= 15 is 0 Å². The predicted octanol–water partition coefficient (Wildman–Crippen LogP) is 3.80. The van der Waals surface area contributed by atoms with E-state index in [2.05, 4.69) is 44.4 Å². The summed E-state index contributed by atoms with van der Waals surface area (Å²) in [5, 5.41) is 2.69. The van der Waals surface area contributed by atoms with E-state index in [1.54, 1.807) is 24.4 Å². The van der Waals surface area contributed by atoms with E-state index < -0.39 is 0 Å². The quantitative estimate of drug-likeness (QED) is 0.720. The minimum Gasteiger partial charge on any atom is -0.354 e. The van der Waals surface area contributed by atoms with Crippen molar-refractivity contribution in [3.05, 3.63) is 89.9 Å². The first-order valence-electron chi connectivity index (χ1n) is 9.71. The van der Waals surface area contributed by atoms with Gasteiger partial charge in [-0.15, -0.1) is 0 Å². The van der Waals surface area contributed by atoms with Crippen molar-refractivity contribution in [3.63, 3.8) is 0 Å². The fraction of sp³-hybridized carbons (Fsp3) is 0.217. The van der Waals surface area contributed by atoms with Gasteiger partial charge in [0.25, 0.3) is 5.91 Å². The molecule has 0 unspecified atom stereocenters. The second-order valence-electron chi connectivity index (χ2n) is 7.12. The molecule has 1 aliphatic rings. The van der Waals surface area contributed by atoms with Crippen molar-refractivity contribution in [3.8, 4) is 0 Å². The summed E-state index contributed by atoms with van der Waals surface area (Å²) < 4.78 is 13.3. The van der Waals surface area contributed by atoms with Gasteiger partial charge < -0.3 is 10.2 Å². The molecular formula is C23H23FN4O. The van der Waals surface area contributed by atoms with Crippen molar-refractivity contribution in [1.82, 2.24) is 9.88 Å². The van der Waals surface area contributed by atoms with Gasteiger partial charge in [-0.05, 0) is 35.9 Å². The van der Waals surface area contributed by atoms with Crippen LogP contribution in [-0.4, -0.2) is 42.0 Å². The summed E-state index contributed by atoms with van der Waals surface area (Å²) in [5.41, 5.74) is 2.20. The van der Waals surface area contributed by atoms with Crippen LogP contribution >= 0.6 is 0 Å². The molecule has 3 aromatic rings. The number of aromatic nitrogens is 1. The molecule has 2 aromatic carbocycles. The number of nitrogens with zero attached hydrogens (tertiary/aromatic N) is 3. The Morgan fingerprint density at radius 2 is 1.76 bits per heavy atom. The van der Waals surface area contributed by atoms with Crippen molar-refractivity contribution >= 4 is 17.4 Å². The highest BCUT2D eigenvalue weighted by molar-refractivity contribution is 6.04. The number of nitrogens with one attached hydrogen (secondary N) is 1. The highest BCUT2D eigenvalue weighted by atomic mass is 19.1. The van der Waals surface area contributed by atoms with Gasteiger partial charge >= 0.3 is 0 Å². The van der Waals surface area contributed by atoms with E-state index in [9.17, 15) is 9.18 Å². The Morgan fingerprint density at radius 3 is 2.45 bits per heavy atom. The zero-order valence-corrected chi connectivity index (χ0v) is 16.1. The summed E-state index contributed by atoms with van der Waals surface area (Å²) in [6.45, 7) is 4.70. The predicted molar refractivity (Wildman–Crippen MR) is 113 cm³/mol. The second kappa shape index (κ2) is 8.84. The van der Waals surface area contributed by atoms with Gasteiger partial charge in [0.15, 0.2) is 0 Å². The van der Waals surface area contributed by atoms with Crippen LogP contribution in [0, 0.1) is 5.82 Å². The Hall–Kier alpha value is -3.25. The number of pyridine rings is 1. The molecule has 0 bridgehead atoms. The summed E-state index contributed by atoms with van der Waals surface area (Å²) in [6, 6.07) is 19.9. The van der Waals surface area contributed by atoms with Crippen molar-refractivity contribution in [2.75, 3.05) is 36.4 Å². The van der Waals surface area contributed by atoms with Crippen LogP contribution < -0.4 is 10.2 Å². The van der Waals surface area contributed by atoms with Crippen LogP contribution in [0.3, 0.4) is 0 Å². The minimum atomic E-state index is -0.386. The lowest BCUT2D eigenvalue weighted by Crippen LogP contribution is -2.46. The van der Waals surface area contributed by atoms with Crippen LogP contribution in [0.2, 0.25) is 0 Å². The Morgan fingerprint density at radius 1 is 0.966 bits per heavy atom. The number of piperazine rings is 1. The van der Waals surface area contributed by atoms with E-state index in [4.69, 9.17) is 0 Å². The monoisotopic (exact) mass is 390 g/mol. The van der Waals surface area contributed by atoms with Crippen LogP contribution in [0.15, 0.2) is 72.9 Å². The summed E-state index contributed by atoms with van der Waals surface area (Å²) in [5.74, 6) is 0.177. The summed E-state index contributed by atoms with van der Waals surface area (Å²) in [6.07, 6.45) is 1.57. The maximum atomic E-state index is 13.3. The molecule has 0 saturated carbocycles. The number of rotatable bonds is 5. The van der Waals surface area contributed by atoms with Gasteiger partial charge in [-0.3, -0.25) is 9.69 Å². The molecule has 1 amide bonds. The van der Waals surface area contributed by atoms with Crippen LogP contribution in [0.25, 0.3) is 0 Å². The van der Waals surface area contributed by atoms with Crippen molar-refractivity contribution in [1.29, 1.82) is 0 Å². The molecule has 1 aliphatic heterocycles. The number of halogens is 1. The molecular weight excluding hydrogens is 367 g/mol. The number of carbonyl (C=O) groups excluding carboxylic acids is 1. The highest BCUT2D eigenvalue weighted by Crippen LogP contribution is 2.17. The smallest absolute Gasteiger partial charge is 0.257 e. The molecule has 0 spiro atoms. The van der Waals surface area contributed by atoms with E-state index in [1.807, 2.05) is 12.1 Å². The van der Waals surface area contributed by atoms with E-state index in [-0.39, 0.29) is 11.7 Å². The number of carbonyl (C=O) groups is 1. The topological polar surface area (TPSA) is 48.5 Å². The van der Waals surface area contributed by atoms with Crippen molar-refractivity contribution < 1.29 is 9.18 Å². The van der Waals surface area contributed by atoms with Gasteiger partial charge in [-0.2, -0.15) is 0 Å². The zero-order chi connectivity index (χ0) is 20.1. The van der Waals surface area contributed by atoms with Gasteiger partial charge in [-0.25, -0.2) is 9.37 Å². The molecule has 0 aliphatic carbocycles. The minimum absolute atomic E-state index is 0.303. The largest absolute Gasteiger partial charge is 0.354 e. The molecule has 6 heteroatoms. The SMILES string of the molecule is O=C(Nc1cccc(F)c1)c1ccc(N2CCN(Cc3ccccc3)CC2)nc1. The molecule has 1 saturated heterocycles. The normalized spacial score (nSPS) is 14.6. The van der Waals surface area contributed by atoms with E-state index in [1.165, 1.54) is 17.7 Å². The van der Waals surface area contributed by atoms with E-state index in [0.29, 0.717) is 11.3 Å². The van der Waals surface area contributed by atoms with Crippen LogP contribution in [0.5, 0.6) is 0 Å². The standard InChI is InChI=1S/C23H23FN4O/c24-20-7-4-8-21(15-20)26-23(29)19-9-10-22(25-16-19)28-13-11-27(12-14-28)17-18-5-2-1-3-6-18/h1-10,15-16H,11-14,17H2,(H,26,29). The zero-order valence-electron chi connectivity index (χ0n) is 16.1. The molecule has 148 valence electrons. The lowest BCUT2D eigenvalue weighted by Gasteiger charge is -2.35. The third kappa shape index (κ3) is 4.97. The number of anilines is 2. The molecule has 1 N–H and O–H groups in total. The Balaban J connectivity index is 1.32. The van der Waals surface area contributed by atoms with Gasteiger partial charge in [0.05, 0.1) is 5.56 Å². The van der Waals surface area contributed by atoms with Crippen LogP contribution in [0.4, 0.5) is 15.9 Å². The second-order valence-corrected chi connectivity index (χ2v) is 7.12. The average Bonchev–Trinajstić information content (AvgIpc) is 2.75. The Bertz CT molecular complexity index is 954.